The number of nitrogens with one attached hydrogen (secondary N) is 1. The second-order valence-corrected chi connectivity index (χ2v) is 7.97. The van der Waals surface area contributed by atoms with Crippen molar-refractivity contribution >= 4 is 58.9 Å². The van der Waals surface area contributed by atoms with Crippen LogP contribution in [0.2, 0.25) is 0 Å². The Morgan fingerprint density at radius 1 is 1.06 bits per heavy atom. The number of nitrogen functional groups attached to an aromatic ring is 2. The number of alkyl halides is 1. The molecule has 0 aliphatic rings. The van der Waals surface area contributed by atoms with Gasteiger partial charge in [0.15, 0.2) is 17.3 Å². The van der Waals surface area contributed by atoms with Gasteiger partial charge < -0.3 is 26.4 Å². The first-order valence-corrected chi connectivity index (χ1v) is 12.2. The van der Waals surface area contributed by atoms with Gasteiger partial charge in [-0.25, -0.2) is 4.79 Å². The summed E-state index contributed by atoms with van der Waals surface area (Å²) in [6.45, 7) is 7.96. The molecule has 1 aromatic carbocycles. The molecule has 2 rings (SSSR count). The van der Waals surface area contributed by atoms with Crippen LogP contribution in [0.5, 0.6) is 0 Å². The Bertz CT molecular complexity index is 928. The first-order valence-electron chi connectivity index (χ1n) is 11.6. The molecule has 0 atom stereocenters. The van der Waals surface area contributed by atoms with Crippen LogP contribution in [-0.2, 0) is 4.74 Å². The molecular formula is C23H36Cl2N8O2. The highest BCUT2D eigenvalue weighted by Crippen LogP contribution is 2.31. The molecule has 0 radical (unpaired) electrons. The van der Waals surface area contributed by atoms with Crippen LogP contribution in [-0.4, -0.2) is 59.5 Å². The molecule has 1 aromatic heterocycles. The molecule has 0 aliphatic carbocycles. The third-order valence-electron chi connectivity index (χ3n) is 5.11. The maximum absolute atomic E-state index is 11.8. The van der Waals surface area contributed by atoms with E-state index in [0.717, 1.165) is 45.3 Å². The van der Waals surface area contributed by atoms with Crippen molar-refractivity contribution in [2.45, 2.75) is 39.5 Å². The Labute approximate surface area is 218 Å². The molecule has 10 nitrogen and oxygen atoms in total. The number of esters is 1. The summed E-state index contributed by atoms with van der Waals surface area (Å²) in [5.41, 5.74) is 13.1. The van der Waals surface area contributed by atoms with E-state index in [0.29, 0.717) is 41.8 Å². The van der Waals surface area contributed by atoms with Gasteiger partial charge in [0.25, 0.3) is 0 Å². The number of carbonyl (C=O) groups excluding carboxylic acids is 1. The average Bonchev–Trinajstić information content (AvgIpc) is 2.82. The zero-order valence-electron chi connectivity index (χ0n) is 20.4. The van der Waals surface area contributed by atoms with Gasteiger partial charge in [0.05, 0.1) is 17.9 Å². The fourth-order valence-corrected chi connectivity index (χ4v) is 3.51. The summed E-state index contributed by atoms with van der Waals surface area (Å²) < 4.78 is 4.98. The molecule has 1 heterocycles. The Balaban J connectivity index is 0.00000612. The average molecular weight is 528 g/mol. The van der Waals surface area contributed by atoms with Crippen LogP contribution in [0, 0.1) is 0 Å². The van der Waals surface area contributed by atoms with Crippen molar-refractivity contribution in [3.63, 3.8) is 0 Å². The highest BCUT2D eigenvalue weighted by molar-refractivity contribution is 6.18. The van der Waals surface area contributed by atoms with Gasteiger partial charge in [-0.05, 0) is 57.1 Å². The van der Waals surface area contributed by atoms with E-state index >= 15 is 0 Å². The number of nitrogens with zero attached hydrogens (tertiary/aromatic N) is 5. The summed E-state index contributed by atoms with van der Waals surface area (Å²) in [4.78, 5) is 22.4. The number of anilines is 3. The predicted molar refractivity (Wildman–Crippen MR) is 144 cm³/mol. The first-order chi connectivity index (χ1) is 16.5. The van der Waals surface area contributed by atoms with Crippen LogP contribution in [0.3, 0.4) is 0 Å². The molecule has 0 aliphatic heterocycles. The van der Waals surface area contributed by atoms with Crippen molar-refractivity contribution < 1.29 is 9.53 Å². The number of ether oxygens (including phenoxy) is 1. The van der Waals surface area contributed by atoms with Crippen molar-refractivity contribution in [2.75, 3.05) is 55.5 Å². The van der Waals surface area contributed by atoms with Crippen LogP contribution in [0.25, 0.3) is 0 Å². The third-order valence-corrected chi connectivity index (χ3v) is 5.28. The fourth-order valence-electron chi connectivity index (χ4n) is 3.27. The molecule has 194 valence electrons. The van der Waals surface area contributed by atoms with Crippen molar-refractivity contribution in [3.8, 4) is 0 Å². The van der Waals surface area contributed by atoms with E-state index in [1.807, 2.05) is 0 Å². The monoisotopic (exact) mass is 526 g/mol. The van der Waals surface area contributed by atoms with E-state index in [1.54, 1.807) is 31.2 Å². The zero-order chi connectivity index (χ0) is 24.8. The topological polar surface area (TPSA) is 144 Å². The van der Waals surface area contributed by atoms with E-state index in [-0.39, 0.29) is 30.1 Å². The molecule has 0 bridgehead atoms. The van der Waals surface area contributed by atoms with Crippen molar-refractivity contribution in [3.05, 3.63) is 29.8 Å². The summed E-state index contributed by atoms with van der Waals surface area (Å²) in [5.74, 6) is 0.932. The Kier molecular flexibility index (Phi) is 14.6. The van der Waals surface area contributed by atoms with Gasteiger partial charge in [0, 0.05) is 19.0 Å². The molecule has 35 heavy (non-hydrogen) atoms. The lowest BCUT2D eigenvalue weighted by Crippen LogP contribution is -2.26. The number of hydrogen-bond donors (Lipinski definition) is 3. The van der Waals surface area contributed by atoms with Gasteiger partial charge in [-0.15, -0.1) is 29.1 Å². The lowest BCUT2D eigenvalue weighted by atomic mass is 10.2. The predicted octanol–water partition coefficient (Wildman–Crippen LogP) is 5.19. The first kappa shape index (κ1) is 30.3. The van der Waals surface area contributed by atoms with Crippen LogP contribution in [0.15, 0.2) is 34.5 Å². The number of halogens is 2. The maximum atomic E-state index is 11.8. The SMILES string of the molecule is CCOC(=O)c1ccc(N=Nc2c(N)nc(N)nc2NCCCCCCN(CC)CCCl)cc1.Cl. The summed E-state index contributed by atoms with van der Waals surface area (Å²) in [6.07, 6.45) is 4.35. The summed E-state index contributed by atoms with van der Waals surface area (Å²) in [7, 11) is 0. The van der Waals surface area contributed by atoms with Gasteiger partial charge in [-0.1, -0.05) is 19.8 Å². The van der Waals surface area contributed by atoms with Crippen molar-refractivity contribution in [2.24, 2.45) is 10.2 Å². The number of aromatic nitrogens is 2. The van der Waals surface area contributed by atoms with Crippen molar-refractivity contribution in [1.29, 1.82) is 0 Å². The Morgan fingerprint density at radius 2 is 1.77 bits per heavy atom. The lowest BCUT2D eigenvalue weighted by molar-refractivity contribution is 0.0526. The van der Waals surface area contributed by atoms with E-state index in [1.165, 1.54) is 0 Å². The minimum atomic E-state index is -0.383. The normalized spacial score (nSPS) is 11.0. The van der Waals surface area contributed by atoms with Crippen molar-refractivity contribution in [1.82, 2.24) is 14.9 Å². The third kappa shape index (κ3) is 10.6. The minimum absolute atomic E-state index is 0. The van der Waals surface area contributed by atoms with Crippen LogP contribution < -0.4 is 16.8 Å². The number of rotatable bonds is 15. The number of benzene rings is 1. The second kappa shape index (κ2) is 16.9. The van der Waals surface area contributed by atoms with Gasteiger partial charge in [0.1, 0.15) is 0 Å². The quantitative estimate of drug-likeness (QED) is 0.124. The highest BCUT2D eigenvalue weighted by Gasteiger charge is 2.11. The molecule has 12 heteroatoms. The van der Waals surface area contributed by atoms with E-state index in [4.69, 9.17) is 27.8 Å². The molecule has 5 N–H and O–H groups in total. The highest BCUT2D eigenvalue weighted by atomic mass is 35.5. The Morgan fingerprint density at radius 3 is 2.43 bits per heavy atom. The molecule has 0 saturated heterocycles. The maximum Gasteiger partial charge on any atom is 0.338 e. The van der Waals surface area contributed by atoms with Crippen LogP contribution >= 0.6 is 24.0 Å². The van der Waals surface area contributed by atoms with Gasteiger partial charge in [-0.3, -0.25) is 0 Å². The number of hydrogen-bond acceptors (Lipinski definition) is 10. The molecule has 0 saturated carbocycles. The molecule has 0 amide bonds. The standard InChI is InChI=1S/C23H35ClN8O2.ClH/c1-3-32(16-13-24)15-8-6-5-7-14-27-21-19(20(25)28-23(26)29-21)31-30-18-11-9-17(10-12-18)22(33)34-4-2;/h9-12H,3-8,13-16H2,1-2H3,(H5,25,26,27,28,29);1H. The largest absolute Gasteiger partial charge is 0.462 e. The summed E-state index contributed by atoms with van der Waals surface area (Å²) in [6, 6.07) is 6.60. The molecule has 2 aromatic rings. The fraction of sp³-hybridized carbons (Fsp3) is 0.522. The second-order valence-electron chi connectivity index (χ2n) is 7.60. The zero-order valence-corrected chi connectivity index (χ0v) is 21.9. The lowest BCUT2D eigenvalue weighted by Gasteiger charge is -2.18. The van der Waals surface area contributed by atoms with Gasteiger partial charge in [0.2, 0.25) is 5.95 Å². The minimum Gasteiger partial charge on any atom is -0.462 e. The number of azo groups is 1. The molecule has 0 unspecified atom stereocenters. The van der Waals surface area contributed by atoms with Gasteiger partial charge >= 0.3 is 5.97 Å². The van der Waals surface area contributed by atoms with E-state index in [2.05, 4.69) is 37.3 Å². The van der Waals surface area contributed by atoms with Gasteiger partial charge in [-0.2, -0.15) is 15.1 Å². The number of unbranched alkanes of at least 4 members (excludes halogenated alkanes) is 3. The molecular weight excluding hydrogens is 491 g/mol. The summed E-state index contributed by atoms with van der Waals surface area (Å²) in [5, 5.41) is 11.7. The van der Waals surface area contributed by atoms with Crippen LogP contribution in [0.4, 0.5) is 29.0 Å². The van der Waals surface area contributed by atoms with E-state index < -0.39 is 0 Å². The van der Waals surface area contributed by atoms with E-state index in [9.17, 15) is 4.79 Å². The molecule has 0 fully saturated rings. The number of nitrogens with two attached hydrogens (primary N) is 2. The smallest absolute Gasteiger partial charge is 0.338 e. The number of carbonyl (C=O) groups is 1. The summed E-state index contributed by atoms with van der Waals surface area (Å²) >= 11 is 5.83. The molecule has 0 spiro atoms. The Hall–Kier alpha value is -2.69. The van der Waals surface area contributed by atoms with Crippen LogP contribution in [0.1, 0.15) is 49.9 Å².